The van der Waals surface area contributed by atoms with Crippen molar-refractivity contribution in [3.63, 3.8) is 0 Å². The number of aromatic nitrogens is 1. The molecule has 1 atom stereocenters. The number of nitrogens with zero attached hydrogens (tertiary/aromatic N) is 1. The topological polar surface area (TPSA) is 35.4 Å². The second-order valence-electron chi connectivity index (χ2n) is 4.98. The van der Waals surface area contributed by atoms with Crippen LogP contribution < -0.4 is 10.1 Å². The number of aryl methyl sites for hydroxylation is 1. The maximum Gasteiger partial charge on any atom is 0.120 e. The zero-order valence-corrected chi connectivity index (χ0v) is 11.5. The minimum atomic E-state index is 0.187. The molecule has 1 fully saturated rings. The number of ether oxygens (including phenoxy) is 2. The maximum absolute atomic E-state index is 5.96. The van der Waals surface area contributed by atoms with Gasteiger partial charge in [-0.1, -0.05) is 0 Å². The molecule has 1 aromatic heterocycles. The molecule has 0 amide bonds. The summed E-state index contributed by atoms with van der Waals surface area (Å²) >= 11 is 0. The normalized spacial score (nSPS) is 20.4. The van der Waals surface area contributed by atoms with E-state index in [2.05, 4.69) is 35.3 Å². The highest BCUT2D eigenvalue weighted by molar-refractivity contribution is 5.85. The third-order valence-electron chi connectivity index (χ3n) is 3.76. The Morgan fingerprint density at radius 2 is 2.26 bits per heavy atom. The Bertz CT molecular complexity index is 569. The molecule has 1 unspecified atom stereocenters. The first-order chi connectivity index (χ1) is 9.29. The number of hydrogen-bond acceptors (Lipinski definition) is 3. The summed E-state index contributed by atoms with van der Waals surface area (Å²) in [6, 6.07) is 6.22. The lowest BCUT2D eigenvalue weighted by Crippen LogP contribution is -2.16. The van der Waals surface area contributed by atoms with Crippen molar-refractivity contribution in [2.45, 2.75) is 12.5 Å². The first kappa shape index (κ1) is 12.5. The number of fused-ring (bicyclic) bond motifs is 1. The second kappa shape index (κ2) is 5.23. The van der Waals surface area contributed by atoms with E-state index in [1.165, 1.54) is 16.5 Å². The average molecular weight is 260 g/mol. The maximum atomic E-state index is 5.96. The van der Waals surface area contributed by atoms with Crippen molar-refractivity contribution >= 4 is 10.9 Å². The molecule has 0 radical (unpaired) electrons. The van der Waals surface area contributed by atoms with Crippen LogP contribution in [0.5, 0.6) is 5.75 Å². The van der Waals surface area contributed by atoms with Crippen molar-refractivity contribution in [2.24, 2.45) is 7.05 Å². The van der Waals surface area contributed by atoms with Crippen LogP contribution >= 0.6 is 0 Å². The van der Waals surface area contributed by atoms with Crippen LogP contribution in [-0.4, -0.2) is 31.4 Å². The van der Waals surface area contributed by atoms with Crippen molar-refractivity contribution in [2.75, 3.05) is 26.8 Å². The molecule has 1 aliphatic heterocycles. The standard InChI is InChI=1S/C15H20N2O2/c1-17-10-13(15-5-6-16-7-8-19-15)12-4-3-11(18-2)9-14(12)17/h3-4,9-10,15-16H,5-8H2,1-2H3. The molecule has 0 aliphatic carbocycles. The van der Waals surface area contributed by atoms with Crippen LogP contribution in [0.4, 0.5) is 0 Å². The molecule has 4 nitrogen and oxygen atoms in total. The number of rotatable bonds is 2. The molecule has 0 saturated carbocycles. The fraction of sp³-hybridized carbons (Fsp3) is 0.467. The van der Waals surface area contributed by atoms with Gasteiger partial charge < -0.3 is 19.4 Å². The van der Waals surface area contributed by atoms with Gasteiger partial charge >= 0.3 is 0 Å². The molecule has 2 aromatic rings. The average Bonchev–Trinajstić information content (AvgIpc) is 2.64. The van der Waals surface area contributed by atoms with E-state index >= 15 is 0 Å². The third kappa shape index (κ3) is 2.33. The predicted octanol–water partition coefficient (Wildman–Crippen LogP) is 2.24. The molecule has 1 aliphatic rings. The van der Waals surface area contributed by atoms with Crippen molar-refractivity contribution in [1.29, 1.82) is 0 Å². The third-order valence-corrected chi connectivity index (χ3v) is 3.76. The lowest BCUT2D eigenvalue weighted by atomic mass is 10.1. The van der Waals surface area contributed by atoms with E-state index in [4.69, 9.17) is 9.47 Å². The highest BCUT2D eigenvalue weighted by Crippen LogP contribution is 2.32. The molecule has 102 valence electrons. The van der Waals surface area contributed by atoms with E-state index < -0.39 is 0 Å². The zero-order valence-electron chi connectivity index (χ0n) is 11.5. The molecule has 1 aromatic carbocycles. The summed E-state index contributed by atoms with van der Waals surface area (Å²) in [4.78, 5) is 0. The summed E-state index contributed by atoms with van der Waals surface area (Å²) in [6.07, 6.45) is 3.39. The molecule has 1 saturated heterocycles. The van der Waals surface area contributed by atoms with Crippen LogP contribution in [0, 0.1) is 0 Å². The fourth-order valence-corrected chi connectivity index (χ4v) is 2.74. The molecule has 2 heterocycles. The van der Waals surface area contributed by atoms with Gasteiger partial charge in [-0.05, 0) is 25.1 Å². The Hall–Kier alpha value is -1.52. The SMILES string of the molecule is COc1ccc2c(C3CCNCCO3)cn(C)c2c1. The van der Waals surface area contributed by atoms with Gasteiger partial charge in [0.2, 0.25) is 0 Å². The minimum absolute atomic E-state index is 0.187. The summed E-state index contributed by atoms with van der Waals surface area (Å²) < 4.78 is 13.4. The van der Waals surface area contributed by atoms with Crippen LogP contribution in [0.15, 0.2) is 24.4 Å². The Labute approximate surface area is 113 Å². The molecular weight excluding hydrogens is 240 g/mol. The molecule has 3 rings (SSSR count). The summed E-state index contributed by atoms with van der Waals surface area (Å²) in [7, 11) is 3.77. The van der Waals surface area contributed by atoms with Crippen LogP contribution in [0.2, 0.25) is 0 Å². The Morgan fingerprint density at radius 1 is 1.37 bits per heavy atom. The van der Waals surface area contributed by atoms with Gasteiger partial charge in [0, 0.05) is 36.8 Å². The van der Waals surface area contributed by atoms with Gasteiger partial charge in [-0.15, -0.1) is 0 Å². The van der Waals surface area contributed by atoms with Gasteiger partial charge in [0.25, 0.3) is 0 Å². The van der Waals surface area contributed by atoms with E-state index in [1.807, 2.05) is 6.07 Å². The molecular formula is C15H20N2O2. The largest absolute Gasteiger partial charge is 0.497 e. The number of methoxy groups -OCH3 is 1. The van der Waals surface area contributed by atoms with Crippen LogP contribution in [0.25, 0.3) is 10.9 Å². The predicted molar refractivity (Wildman–Crippen MR) is 75.7 cm³/mol. The summed E-state index contributed by atoms with van der Waals surface area (Å²) in [5.41, 5.74) is 2.47. The first-order valence-electron chi connectivity index (χ1n) is 6.75. The first-order valence-corrected chi connectivity index (χ1v) is 6.75. The van der Waals surface area contributed by atoms with Gasteiger partial charge in [0.05, 0.1) is 25.3 Å². The number of nitrogens with one attached hydrogen (secondary N) is 1. The van der Waals surface area contributed by atoms with E-state index in [0.717, 1.165) is 31.9 Å². The summed E-state index contributed by atoms with van der Waals surface area (Å²) in [5.74, 6) is 0.892. The van der Waals surface area contributed by atoms with Crippen molar-refractivity contribution in [1.82, 2.24) is 9.88 Å². The molecule has 4 heteroatoms. The monoisotopic (exact) mass is 260 g/mol. The van der Waals surface area contributed by atoms with Crippen molar-refractivity contribution < 1.29 is 9.47 Å². The molecule has 19 heavy (non-hydrogen) atoms. The van der Waals surface area contributed by atoms with Crippen molar-refractivity contribution in [3.05, 3.63) is 30.0 Å². The lowest BCUT2D eigenvalue weighted by molar-refractivity contribution is 0.0653. The second-order valence-corrected chi connectivity index (χ2v) is 4.98. The van der Waals surface area contributed by atoms with Gasteiger partial charge in [0.1, 0.15) is 5.75 Å². The smallest absolute Gasteiger partial charge is 0.120 e. The van der Waals surface area contributed by atoms with Gasteiger partial charge in [-0.25, -0.2) is 0 Å². The minimum Gasteiger partial charge on any atom is -0.497 e. The van der Waals surface area contributed by atoms with E-state index in [0.29, 0.717) is 0 Å². The number of benzene rings is 1. The highest BCUT2D eigenvalue weighted by atomic mass is 16.5. The van der Waals surface area contributed by atoms with Crippen LogP contribution in [-0.2, 0) is 11.8 Å². The fourth-order valence-electron chi connectivity index (χ4n) is 2.74. The Morgan fingerprint density at radius 3 is 3.11 bits per heavy atom. The Balaban J connectivity index is 2.03. The van der Waals surface area contributed by atoms with Crippen LogP contribution in [0.3, 0.4) is 0 Å². The van der Waals surface area contributed by atoms with E-state index in [1.54, 1.807) is 7.11 Å². The molecule has 0 bridgehead atoms. The van der Waals surface area contributed by atoms with E-state index in [-0.39, 0.29) is 6.10 Å². The highest BCUT2D eigenvalue weighted by Gasteiger charge is 2.19. The summed E-state index contributed by atoms with van der Waals surface area (Å²) in [5, 5.41) is 4.63. The van der Waals surface area contributed by atoms with E-state index in [9.17, 15) is 0 Å². The molecule has 1 N–H and O–H groups in total. The number of hydrogen-bond donors (Lipinski definition) is 1. The van der Waals surface area contributed by atoms with Crippen molar-refractivity contribution in [3.8, 4) is 5.75 Å². The Kier molecular flexibility index (Phi) is 3.44. The van der Waals surface area contributed by atoms with Gasteiger partial charge in [-0.3, -0.25) is 0 Å². The lowest BCUT2D eigenvalue weighted by Gasteiger charge is -2.13. The quantitative estimate of drug-likeness (QED) is 0.899. The molecule has 0 spiro atoms. The van der Waals surface area contributed by atoms with Gasteiger partial charge in [0.15, 0.2) is 0 Å². The van der Waals surface area contributed by atoms with Crippen LogP contribution in [0.1, 0.15) is 18.1 Å². The summed E-state index contributed by atoms with van der Waals surface area (Å²) in [6.45, 7) is 2.73. The van der Waals surface area contributed by atoms with Gasteiger partial charge in [-0.2, -0.15) is 0 Å². The zero-order chi connectivity index (χ0) is 13.2.